The Hall–Kier alpha value is -0.760. The molecule has 0 heterocycles. The molecule has 2 N–H and O–H groups in total. The maximum atomic E-state index is 12.3. The Morgan fingerprint density at radius 3 is 2.70 bits per heavy atom. The fourth-order valence-electron chi connectivity index (χ4n) is 1.70. The standard InChI is InChI=1S/C13H21NO4S2/c1-10(9-19-3)7-14-20(16,17)13-6-11(8-15)4-5-12(13)18-2/h4-6,10,14-15H,7-9H2,1-3H3. The van der Waals surface area contributed by atoms with Gasteiger partial charge in [0.25, 0.3) is 0 Å². The van der Waals surface area contributed by atoms with E-state index in [-0.39, 0.29) is 23.2 Å². The monoisotopic (exact) mass is 319 g/mol. The Kier molecular flexibility index (Phi) is 6.81. The van der Waals surface area contributed by atoms with Gasteiger partial charge in [-0.1, -0.05) is 13.0 Å². The molecule has 0 saturated heterocycles. The lowest BCUT2D eigenvalue weighted by molar-refractivity contribution is 0.281. The lowest BCUT2D eigenvalue weighted by Gasteiger charge is -2.14. The second-order valence-electron chi connectivity index (χ2n) is 4.56. The molecule has 0 bridgehead atoms. The summed E-state index contributed by atoms with van der Waals surface area (Å²) in [7, 11) is -2.22. The van der Waals surface area contributed by atoms with E-state index in [1.54, 1.807) is 23.9 Å². The number of hydrogen-bond donors (Lipinski definition) is 2. The zero-order valence-corrected chi connectivity index (χ0v) is 13.6. The van der Waals surface area contributed by atoms with Crippen molar-refractivity contribution >= 4 is 21.8 Å². The average Bonchev–Trinajstić information content (AvgIpc) is 2.45. The fourth-order valence-corrected chi connectivity index (χ4v) is 3.77. The minimum atomic E-state index is -3.64. The van der Waals surface area contributed by atoms with Crippen molar-refractivity contribution in [3.63, 3.8) is 0 Å². The summed E-state index contributed by atoms with van der Waals surface area (Å²) in [6.07, 6.45) is 1.98. The number of aliphatic hydroxyl groups excluding tert-OH is 1. The summed E-state index contributed by atoms with van der Waals surface area (Å²) < 4.78 is 32.3. The first-order valence-corrected chi connectivity index (χ1v) is 9.08. The topological polar surface area (TPSA) is 75.6 Å². The highest BCUT2D eigenvalue weighted by Gasteiger charge is 2.20. The van der Waals surface area contributed by atoms with Gasteiger partial charge in [-0.25, -0.2) is 13.1 Å². The maximum Gasteiger partial charge on any atom is 0.244 e. The Morgan fingerprint density at radius 2 is 2.15 bits per heavy atom. The highest BCUT2D eigenvalue weighted by Crippen LogP contribution is 2.25. The van der Waals surface area contributed by atoms with Crippen molar-refractivity contribution in [2.45, 2.75) is 18.4 Å². The number of sulfonamides is 1. The van der Waals surface area contributed by atoms with Crippen molar-refractivity contribution in [2.75, 3.05) is 25.7 Å². The molecular formula is C13H21NO4S2. The molecule has 1 atom stereocenters. The molecule has 1 aromatic carbocycles. The van der Waals surface area contributed by atoms with Gasteiger partial charge < -0.3 is 9.84 Å². The second-order valence-corrected chi connectivity index (χ2v) is 7.20. The van der Waals surface area contributed by atoms with Gasteiger partial charge in [-0.2, -0.15) is 11.8 Å². The van der Waals surface area contributed by atoms with Gasteiger partial charge in [0.05, 0.1) is 13.7 Å². The molecule has 5 nitrogen and oxygen atoms in total. The van der Waals surface area contributed by atoms with Gasteiger partial charge in [0.2, 0.25) is 10.0 Å². The van der Waals surface area contributed by atoms with Crippen LogP contribution in [0.3, 0.4) is 0 Å². The fraction of sp³-hybridized carbons (Fsp3) is 0.538. The van der Waals surface area contributed by atoms with Gasteiger partial charge >= 0.3 is 0 Å². The molecule has 0 aliphatic carbocycles. The van der Waals surface area contributed by atoms with E-state index >= 15 is 0 Å². The molecule has 0 aliphatic heterocycles. The van der Waals surface area contributed by atoms with Crippen molar-refractivity contribution in [1.29, 1.82) is 0 Å². The van der Waals surface area contributed by atoms with Gasteiger partial charge in [-0.15, -0.1) is 0 Å². The molecule has 20 heavy (non-hydrogen) atoms. The second kappa shape index (κ2) is 7.87. The first-order chi connectivity index (χ1) is 9.44. The van der Waals surface area contributed by atoms with Gasteiger partial charge in [0.1, 0.15) is 10.6 Å². The summed E-state index contributed by atoms with van der Waals surface area (Å²) in [4.78, 5) is 0.0582. The number of aliphatic hydroxyl groups is 1. The van der Waals surface area contributed by atoms with E-state index in [1.807, 2.05) is 13.2 Å². The number of hydrogen-bond acceptors (Lipinski definition) is 5. The molecule has 0 aromatic heterocycles. The third-order valence-corrected chi connectivity index (χ3v) is 5.12. The highest BCUT2D eigenvalue weighted by molar-refractivity contribution is 7.98. The minimum absolute atomic E-state index is 0.0582. The average molecular weight is 319 g/mol. The molecule has 0 aliphatic rings. The van der Waals surface area contributed by atoms with E-state index in [1.165, 1.54) is 13.2 Å². The van der Waals surface area contributed by atoms with Gasteiger partial charge in [-0.3, -0.25) is 0 Å². The van der Waals surface area contributed by atoms with Crippen LogP contribution in [-0.4, -0.2) is 39.2 Å². The first kappa shape index (κ1) is 17.3. The molecule has 1 unspecified atom stereocenters. The number of thioether (sulfide) groups is 1. The largest absolute Gasteiger partial charge is 0.495 e. The predicted octanol–water partition coefficient (Wildman–Crippen LogP) is 1.46. The molecule has 0 saturated carbocycles. The first-order valence-electron chi connectivity index (χ1n) is 6.21. The smallest absolute Gasteiger partial charge is 0.244 e. The van der Waals surface area contributed by atoms with Crippen LogP contribution in [0.1, 0.15) is 12.5 Å². The van der Waals surface area contributed by atoms with Crippen LogP contribution in [0, 0.1) is 5.92 Å². The van der Waals surface area contributed by atoms with Gasteiger partial charge in [0.15, 0.2) is 0 Å². The normalized spacial score (nSPS) is 13.2. The maximum absolute atomic E-state index is 12.3. The predicted molar refractivity (Wildman–Crippen MR) is 81.7 cm³/mol. The molecule has 7 heteroatoms. The SMILES string of the molecule is COc1ccc(CO)cc1S(=O)(=O)NCC(C)CSC. The molecule has 1 aromatic rings. The van der Waals surface area contributed by atoms with Crippen LogP contribution in [0.4, 0.5) is 0 Å². The van der Waals surface area contributed by atoms with E-state index in [4.69, 9.17) is 9.84 Å². The number of nitrogens with one attached hydrogen (secondary N) is 1. The van der Waals surface area contributed by atoms with Gasteiger partial charge in [0, 0.05) is 6.54 Å². The summed E-state index contributed by atoms with van der Waals surface area (Å²) in [6.45, 7) is 2.14. The van der Waals surface area contributed by atoms with E-state index in [0.29, 0.717) is 12.1 Å². The third kappa shape index (κ3) is 4.66. The molecule has 114 valence electrons. The van der Waals surface area contributed by atoms with E-state index in [0.717, 1.165) is 5.75 Å². The number of rotatable bonds is 8. The van der Waals surface area contributed by atoms with Crippen LogP contribution in [0.15, 0.2) is 23.1 Å². The van der Waals surface area contributed by atoms with E-state index < -0.39 is 10.0 Å². The van der Waals surface area contributed by atoms with E-state index in [2.05, 4.69) is 4.72 Å². The lowest BCUT2D eigenvalue weighted by atomic mass is 10.2. The van der Waals surface area contributed by atoms with Gasteiger partial charge in [-0.05, 0) is 35.6 Å². The summed E-state index contributed by atoms with van der Waals surface area (Å²) in [5.74, 6) is 1.40. The Balaban J connectivity index is 2.96. The van der Waals surface area contributed by atoms with Crippen molar-refractivity contribution in [1.82, 2.24) is 4.72 Å². The van der Waals surface area contributed by atoms with Crippen molar-refractivity contribution in [2.24, 2.45) is 5.92 Å². The van der Waals surface area contributed by atoms with E-state index in [9.17, 15) is 8.42 Å². The van der Waals surface area contributed by atoms with Crippen LogP contribution in [0.25, 0.3) is 0 Å². The minimum Gasteiger partial charge on any atom is -0.495 e. The molecule has 1 rings (SSSR count). The summed E-state index contributed by atoms with van der Waals surface area (Å²) in [5.41, 5.74) is 0.531. The number of ether oxygens (including phenoxy) is 1. The molecular weight excluding hydrogens is 298 g/mol. The van der Waals surface area contributed by atoms with Crippen molar-refractivity contribution in [3.8, 4) is 5.75 Å². The Bertz CT molecular complexity index is 531. The van der Waals surface area contributed by atoms with Crippen molar-refractivity contribution < 1.29 is 18.3 Å². The summed E-state index contributed by atoms with van der Waals surface area (Å²) in [5, 5.41) is 9.12. The summed E-state index contributed by atoms with van der Waals surface area (Å²) >= 11 is 1.68. The highest BCUT2D eigenvalue weighted by atomic mass is 32.2. The Morgan fingerprint density at radius 1 is 1.45 bits per heavy atom. The van der Waals surface area contributed by atoms with Crippen molar-refractivity contribution in [3.05, 3.63) is 23.8 Å². The summed E-state index contributed by atoms with van der Waals surface area (Å²) in [6, 6.07) is 4.61. The molecule has 0 spiro atoms. The van der Waals surface area contributed by atoms with Crippen LogP contribution in [-0.2, 0) is 16.6 Å². The zero-order valence-electron chi connectivity index (χ0n) is 11.9. The Labute approximate surface area is 124 Å². The molecule has 0 fully saturated rings. The lowest BCUT2D eigenvalue weighted by Crippen LogP contribution is -2.29. The quantitative estimate of drug-likeness (QED) is 0.759. The van der Waals surface area contributed by atoms with Crippen LogP contribution < -0.4 is 9.46 Å². The van der Waals surface area contributed by atoms with Crippen LogP contribution >= 0.6 is 11.8 Å². The molecule has 0 radical (unpaired) electrons. The number of benzene rings is 1. The third-order valence-electron chi connectivity index (χ3n) is 2.77. The van der Waals surface area contributed by atoms with Crippen LogP contribution in [0.2, 0.25) is 0 Å². The van der Waals surface area contributed by atoms with Crippen LogP contribution in [0.5, 0.6) is 5.75 Å². The molecule has 0 amide bonds. The zero-order chi connectivity index (χ0) is 15.2. The number of methoxy groups -OCH3 is 1.